The van der Waals surface area contributed by atoms with E-state index in [2.05, 4.69) is 31.9 Å². The molecule has 1 aromatic heterocycles. The van der Waals surface area contributed by atoms with E-state index in [-0.39, 0.29) is 5.92 Å². The zero-order chi connectivity index (χ0) is 13.4. The molecule has 1 N–H and O–H groups in total. The summed E-state index contributed by atoms with van der Waals surface area (Å²) >= 11 is 5.12. The molecule has 0 atom stereocenters. The third-order valence-electron chi connectivity index (χ3n) is 3.45. The molecular weight excluding hydrogens is 328 g/mol. The van der Waals surface area contributed by atoms with Gasteiger partial charge in [0.15, 0.2) is 5.13 Å². The summed E-state index contributed by atoms with van der Waals surface area (Å²) < 4.78 is 2.19. The summed E-state index contributed by atoms with van der Waals surface area (Å²) in [6, 6.07) is 6.09. The molecule has 3 rings (SSSR count). The largest absolute Gasteiger partial charge is 0.481 e. The highest BCUT2D eigenvalue weighted by Crippen LogP contribution is 2.32. The van der Waals surface area contributed by atoms with Gasteiger partial charge in [0, 0.05) is 17.6 Å². The number of hydrogen-bond acceptors (Lipinski definition) is 4. The van der Waals surface area contributed by atoms with Crippen LogP contribution in [0.1, 0.15) is 12.8 Å². The van der Waals surface area contributed by atoms with E-state index in [1.165, 1.54) is 4.70 Å². The van der Waals surface area contributed by atoms with Crippen molar-refractivity contribution in [2.24, 2.45) is 5.92 Å². The monoisotopic (exact) mass is 340 g/mol. The van der Waals surface area contributed by atoms with Gasteiger partial charge in [0.1, 0.15) is 0 Å². The predicted octanol–water partition coefficient (Wildman–Crippen LogP) is 3.36. The van der Waals surface area contributed by atoms with Crippen molar-refractivity contribution in [3.8, 4) is 0 Å². The molecule has 1 aliphatic rings. The van der Waals surface area contributed by atoms with Gasteiger partial charge in [-0.25, -0.2) is 4.98 Å². The second-order valence-corrected chi connectivity index (χ2v) is 6.63. The number of benzene rings is 1. The minimum absolute atomic E-state index is 0.195. The Balaban J connectivity index is 1.80. The maximum absolute atomic E-state index is 10.9. The number of hydrogen-bond donors (Lipinski definition) is 1. The fourth-order valence-corrected chi connectivity index (χ4v) is 3.69. The third kappa shape index (κ3) is 2.60. The van der Waals surface area contributed by atoms with Crippen LogP contribution in [-0.2, 0) is 4.79 Å². The van der Waals surface area contributed by atoms with E-state index in [4.69, 9.17) is 5.11 Å². The standard InChI is InChI=1S/C13H13BrN2O2S/c14-9-1-2-11-10(7-9)15-13(19-11)16-5-3-8(4-6-16)12(17)18/h1-2,7-8H,3-6H2,(H,17,18). The molecule has 2 aromatic rings. The summed E-state index contributed by atoms with van der Waals surface area (Å²) in [6.45, 7) is 1.55. The minimum Gasteiger partial charge on any atom is -0.481 e. The molecule has 1 aliphatic heterocycles. The summed E-state index contributed by atoms with van der Waals surface area (Å²) in [5, 5.41) is 10.0. The number of carboxylic acid groups (broad SMARTS) is 1. The molecule has 0 unspecified atom stereocenters. The van der Waals surface area contributed by atoms with Crippen molar-refractivity contribution in [1.82, 2.24) is 4.98 Å². The maximum Gasteiger partial charge on any atom is 0.306 e. The van der Waals surface area contributed by atoms with E-state index in [1.54, 1.807) is 11.3 Å². The van der Waals surface area contributed by atoms with E-state index in [0.29, 0.717) is 12.8 Å². The Morgan fingerprint density at radius 1 is 1.42 bits per heavy atom. The third-order valence-corrected chi connectivity index (χ3v) is 5.04. The van der Waals surface area contributed by atoms with E-state index in [1.807, 2.05) is 12.1 Å². The van der Waals surface area contributed by atoms with Gasteiger partial charge in [-0.3, -0.25) is 4.79 Å². The molecular formula is C13H13BrN2O2S. The molecule has 0 spiro atoms. The molecule has 1 saturated heterocycles. The first-order valence-corrected chi connectivity index (χ1v) is 7.78. The topological polar surface area (TPSA) is 53.4 Å². The van der Waals surface area contributed by atoms with Gasteiger partial charge in [-0.2, -0.15) is 0 Å². The van der Waals surface area contributed by atoms with Crippen LogP contribution in [0, 0.1) is 5.92 Å². The predicted molar refractivity (Wildman–Crippen MR) is 79.9 cm³/mol. The van der Waals surface area contributed by atoms with Crippen molar-refractivity contribution in [1.29, 1.82) is 0 Å². The number of anilines is 1. The zero-order valence-electron chi connectivity index (χ0n) is 10.2. The molecule has 0 bridgehead atoms. The summed E-state index contributed by atoms with van der Waals surface area (Å²) in [7, 11) is 0. The van der Waals surface area contributed by atoms with Gasteiger partial charge < -0.3 is 10.0 Å². The zero-order valence-corrected chi connectivity index (χ0v) is 12.6. The van der Waals surface area contributed by atoms with Crippen molar-refractivity contribution in [3.05, 3.63) is 22.7 Å². The Morgan fingerprint density at radius 3 is 2.84 bits per heavy atom. The minimum atomic E-state index is -0.673. The first kappa shape index (κ1) is 12.9. The van der Waals surface area contributed by atoms with Crippen LogP contribution in [0.25, 0.3) is 10.2 Å². The van der Waals surface area contributed by atoms with Crippen LogP contribution < -0.4 is 4.90 Å². The van der Waals surface area contributed by atoms with Crippen LogP contribution in [0.2, 0.25) is 0 Å². The van der Waals surface area contributed by atoms with Crippen LogP contribution >= 0.6 is 27.3 Å². The summed E-state index contributed by atoms with van der Waals surface area (Å²) in [5.74, 6) is -0.868. The molecule has 0 amide bonds. The lowest BCUT2D eigenvalue weighted by molar-refractivity contribution is -0.142. The second kappa shape index (κ2) is 5.09. The second-order valence-electron chi connectivity index (χ2n) is 4.71. The first-order chi connectivity index (χ1) is 9.13. The molecule has 0 saturated carbocycles. The van der Waals surface area contributed by atoms with E-state index < -0.39 is 5.97 Å². The van der Waals surface area contributed by atoms with Crippen molar-refractivity contribution >= 4 is 48.6 Å². The molecule has 2 heterocycles. The van der Waals surface area contributed by atoms with Gasteiger partial charge in [0.2, 0.25) is 0 Å². The number of aromatic nitrogens is 1. The van der Waals surface area contributed by atoms with Crippen LogP contribution in [-0.4, -0.2) is 29.1 Å². The van der Waals surface area contributed by atoms with Crippen molar-refractivity contribution in [2.75, 3.05) is 18.0 Å². The maximum atomic E-state index is 10.9. The van der Waals surface area contributed by atoms with Crippen LogP contribution in [0.3, 0.4) is 0 Å². The number of carboxylic acids is 1. The van der Waals surface area contributed by atoms with E-state index in [0.717, 1.165) is 28.2 Å². The molecule has 1 aromatic carbocycles. The van der Waals surface area contributed by atoms with E-state index in [9.17, 15) is 4.79 Å². The Kier molecular flexibility index (Phi) is 3.45. The Labute approximate surface area is 123 Å². The quantitative estimate of drug-likeness (QED) is 0.910. The number of thiazole rings is 1. The lowest BCUT2D eigenvalue weighted by atomic mass is 9.98. The van der Waals surface area contributed by atoms with Crippen LogP contribution in [0.15, 0.2) is 22.7 Å². The van der Waals surface area contributed by atoms with Gasteiger partial charge in [-0.15, -0.1) is 0 Å². The van der Waals surface area contributed by atoms with Gasteiger partial charge in [0.05, 0.1) is 16.1 Å². The summed E-state index contributed by atoms with van der Waals surface area (Å²) in [6.07, 6.45) is 1.41. The normalized spacial score (nSPS) is 17.0. The lowest BCUT2D eigenvalue weighted by Gasteiger charge is -2.29. The molecule has 0 radical (unpaired) electrons. The smallest absolute Gasteiger partial charge is 0.306 e. The molecule has 1 fully saturated rings. The van der Waals surface area contributed by atoms with Crippen molar-refractivity contribution in [2.45, 2.75) is 12.8 Å². The van der Waals surface area contributed by atoms with Crippen molar-refractivity contribution < 1.29 is 9.90 Å². The fraction of sp³-hybridized carbons (Fsp3) is 0.385. The van der Waals surface area contributed by atoms with E-state index >= 15 is 0 Å². The molecule has 19 heavy (non-hydrogen) atoms. The number of rotatable bonds is 2. The number of halogens is 1. The molecule has 0 aliphatic carbocycles. The Bertz CT molecular complexity index is 620. The number of nitrogens with zero attached hydrogens (tertiary/aromatic N) is 2. The van der Waals surface area contributed by atoms with Gasteiger partial charge in [-0.05, 0) is 31.0 Å². The summed E-state index contributed by atoms with van der Waals surface area (Å²) in [4.78, 5) is 17.8. The Morgan fingerprint density at radius 2 is 2.16 bits per heavy atom. The molecule has 6 heteroatoms. The summed E-state index contributed by atoms with van der Waals surface area (Å²) in [5.41, 5.74) is 0.995. The van der Waals surface area contributed by atoms with Crippen LogP contribution in [0.5, 0.6) is 0 Å². The average Bonchev–Trinajstić information content (AvgIpc) is 2.81. The molecule has 100 valence electrons. The lowest BCUT2D eigenvalue weighted by Crippen LogP contribution is -2.36. The highest BCUT2D eigenvalue weighted by atomic mass is 79.9. The van der Waals surface area contributed by atoms with Gasteiger partial charge >= 0.3 is 5.97 Å². The Hall–Kier alpha value is -1.14. The number of piperidine rings is 1. The SMILES string of the molecule is O=C(O)C1CCN(c2nc3cc(Br)ccc3s2)CC1. The highest BCUT2D eigenvalue weighted by Gasteiger charge is 2.25. The average molecular weight is 341 g/mol. The number of fused-ring (bicyclic) bond motifs is 1. The fourth-order valence-electron chi connectivity index (χ4n) is 2.34. The van der Waals surface area contributed by atoms with Gasteiger partial charge in [-0.1, -0.05) is 27.3 Å². The number of carbonyl (C=O) groups is 1. The number of aliphatic carboxylic acids is 1. The van der Waals surface area contributed by atoms with Crippen LogP contribution in [0.4, 0.5) is 5.13 Å². The first-order valence-electron chi connectivity index (χ1n) is 6.17. The highest BCUT2D eigenvalue weighted by molar-refractivity contribution is 9.10. The van der Waals surface area contributed by atoms with Crippen molar-refractivity contribution in [3.63, 3.8) is 0 Å². The molecule has 4 nitrogen and oxygen atoms in total. The van der Waals surface area contributed by atoms with Gasteiger partial charge in [0.25, 0.3) is 0 Å².